The lowest BCUT2D eigenvalue weighted by molar-refractivity contribution is -0.157. The van der Waals surface area contributed by atoms with Gasteiger partial charge in [-0.05, 0) is 38.1 Å². The fourth-order valence-corrected chi connectivity index (χ4v) is 2.39. The Bertz CT molecular complexity index is 389. The van der Waals surface area contributed by atoms with E-state index in [1.54, 1.807) is 25.3 Å². The molecule has 1 fully saturated rings. The largest absolute Gasteiger partial charge is 0.467 e. The Labute approximate surface area is 119 Å². The topological polar surface area (TPSA) is 54.7 Å². The first kappa shape index (κ1) is 16.0. The average Bonchev–Trinajstić information content (AvgIpc) is 2.91. The van der Waals surface area contributed by atoms with Crippen molar-refractivity contribution in [3.63, 3.8) is 0 Å². The number of furan rings is 1. The lowest BCUT2D eigenvalue weighted by Gasteiger charge is -2.37. The summed E-state index contributed by atoms with van der Waals surface area (Å²) in [6, 6.07) is 3.69. The van der Waals surface area contributed by atoms with E-state index in [2.05, 4.69) is 5.32 Å². The molecule has 0 bridgehead atoms. The van der Waals surface area contributed by atoms with Gasteiger partial charge in [0.1, 0.15) is 11.4 Å². The normalized spacial score (nSPS) is 17.6. The maximum absolute atomic E-state index is 12.5. The molecule has 5 nitrogen and oxygen atoms in total. The number of methoxy groups -OCH3 is 1. The summed E-state index contributed by atoms with van der Waals surface area (Å²) < 4.78 is 10.8. The van der Waals surface area contributed by atoms with E-state index >= 15 is 0 Å². The molecular formula is C13H21ClN2O3. The van der Waals surface area contributed by atoms with Crippen LogP contribution in [-0.4, -0.2) is 43.7 Å². The summed E-state index contributed by atoms with van der Waals surface area (Å²) in [5.41, 5.74) is -0.674. The molecule has 1 N–H and O–H groups in total. The van der Waals surface area contributed by atoms with Crippen LogP contribution in [0.2, 0.25) is 0 Å². The third-order valence-corrected chi connectivity index (χ3v) is 3.51. The zero-order chi connectivity index (χ0) is 13.0. The summed E-state index contributed by atoms with van der Waals surface area (Å²) in [6.07, 6.45) is 3.04. The molecule has 2 rings (SSSR count). The van der Waals surface area contributed by atoms with Gasteiger partial charge < -0.3 is 19.4 Å². The number of ether oxygens (including phenoxy) is 1. The molecule has 1 aliphatic rings. The smallest absolute Gasteiger partial charge is 0.255 e. The van der Waals surface area contributed by atoms with Crippen molar-refractivity contribution in [3.8, 4) is 0 Å². The van der Waals surface area contributed by atoms with Crippen molar-refractivity contribution in [2.75, 3.05) is 27.2 Å². The minimum Gasteiger partial charge on any atom is -0.467 e. The number of hydrogen-bond donors (Lipinski definition) is 1. The SMILES string of the molecule is COC1(C(=O)N(C)Cc2ccco2)CCNCC1.Cl. The number of hydrogen-bond acceptors (Lipinski definition) is 4. The van der Waals surface area contributed by atoms with E-state index in [-0.39, 0.29) is 18.3 Å². The molecule has 1 amide bonds. The molecule has 6 heteroatoms. The molecule has 1 saturated heterocycles. The molecule has 0 atom stereocenters. The van der Waals surface area contributed by atoms with Gasteiger partial charge >= 0.3 is 0 Å². The van der Waals surface area contributed by atoms with Crippen molar-refractivity contribution >= 4 is 18.3 Å². The van der Waals surface area contributed by atoms with Gasteiger partial charge in [-0.25, -0.2) is 0 Å². The number of amides is 1. The zero-order valence-corrected chi connectivity index (χ0v) is 12.2. The van der Waals surface area contributed by atoms with Gasteiger partial charge in [0, 0.05) is 14.2 Å². The van der Waals surface area contributed by atoms with Crippen molar-refractivity contribution in [1.29, 1.82) is 0 Å². The zero-order valence-electron chi connectivity index (χ0n) is 11.3. The van der Waals surface area contributed by atoms with Gasteiger partial charge in [-0.2, -0.15) is 0 Å². The maximum Gasteiger partial charge on any atom is 0.255 e. The summed E-state index contributed by atoms with van der Waals surface area (Å²) in [5.74, 6) is 0.814. The summed E-state index contributed by atoms with van der Waals surface area (Å²) >= 11 is 0. The van der Waals surface area contributed by atoms with Gasteiger partial charge in [0.2, 0.25) is 0 Å². The fourth-order valence-electron chi connectivity index (χ4n) is 2.39. The average molecular weight is 289 g/mol. The predicted octanol–water partition coefficient (Wildman–Crippen LogP) is 1.43. The van der Waals surface area contributed by atoms with E-state index in [1.807, 2.05) is 12.1 Å². The Morgan fingerprint density at radius 2 is 2.21 bits per heavy atom. The molecule has 1 aliphatic heterocycles. The van der Waals surface area contributed by atoms with E-state index in [4.69, 9.17) is 9.15 Å². The summed E-state index contributed by atoms with van der Waals surface area (Å²) in [5, 5.41) is 3.24. The molecule has 0 aromatic carbocycles. The molecule has 1 aromatic rings. The second kappa shape index (κ2) is 6.93. The van der Waals surface area contributed by atoms with E-state index < -0.39 is 5.60 Å². The monoisotopic (exact) mass is 288 g/mol. The molecular weight excluding hydrogens is 268 g/mol. The van der Waals surface area contributed by atoms with Crippen LogP contribution in [0.1, 0.15) is 18.6 Å². The van der Waals surface area contributed by atoms with Crippen LogP contribution < -0.4 is 5.32 Å². The number of likely N-dealkylation sites (N-methyl/N-ethyl adjacent to an activating group) is 1. The van der Waals surface area contributed by atoms with Crippen LogP contribution in [0, 0.1) is 0 Å². The second-order valence-electron chi connectivity index (χ2n) is 4.69. The van der Waals surface area contributed by atoms with Crippen LogP contribution >= 0.6 is 12.4 Å². The fraction of sp³-hybridized carbons (Fsp3) is 0.615. The van der Waals surface area contributed by atoms with Gasteiger partial charge in [-0.3, -0.25) is 4.79 Å². The van der Waals surface area contributed by atoms with E-state index in [0.717, 1.165) is 18.8 Å². The minimum atomic E-state index is -0.674. The molecule has 108 valence electrons. The Kier molecular flexibility index (Phi) is 5.85. The minimum absolute atomic E-state index is 0. The van der Waals surface area contributed by atoms with Crippen molar-refractivity contribution < 1.29 is 13.9 Å². The number of carbonyl (C=O) groups excluding carboxylic acids is 1. The van der Waals surface area contributed by atoms with Crippen molar-refractivity contribution in [3.05, 3.63) is 24.2 Å². The predicted molar refractivity (Wildman–Crippen MR) is 74.3 cm³/mol. The van der Waals surface area contributed by atoms with Crippen LogP contribution in [0.25, 0.3) is 0 Å². The van der Waals surface area contributed by atoms with E-state index in [1.165, 1.54) is 0 Å². The first-order valence-corrected chi connectivity index (χ1v) is 6.22. The Balaban J connectivity index is 0.00000180. The second-order valence-corrected chi connectivity index (χ2v) is 4.69. The highest BCUT2D eigenvalue weighted by atomic mass is 35.5. The Hall–Kier alpha value is -1.04. The Morgan fingerprint density at radius 3 is 2.74 bits per heavy atom. The van der Waals surface area contributed by atoms with Crippen LogP contribution in [0.15, 0.2) is 22.8 Å². The van der Waals surface area contributed by atoms with Crippen molar-refractivity contribution in [2.45, 2.75) is 25.0 Å². The van der Waals surface area contributed by atoms with Crippen molar-refractivity contribution in [2.24, 2.45) is 0 Å². The molecule has 2 heterocycles. The number of rotatable bonds is 4. The number of nitrogens with one attached hydrogen (secondary N) is 1. The summed E-state index contributed by atoms with van der Waals surface area (Å²) in [6.45, 7) is 2.10. The quantitative estimate of drug-likeness (QED) is 0.911. The van der Waals surface area contributed by atoms with Gasteiger partial charge in [0.25, 0.3) is 5.91 Å². The molecule has 1 aromatic heterocycles. The van der Waals surface area contributed by atoms with Gasteiger partial charge in [0.05, 0.1) is 12.8 Å². The van der Waals surface area contributed by atoms with Crippen LogP contribution in [-0.2, 0) is 16.1 Å². The number of nitrogens with zero attached hydrogens (tertiary/aromatic N) is 1. The Morgan fingerprint density at radius 1 is 1.53 bits per heavy atom. The maximum atomic E-state index is 12.5. The number of halogens is 1. The third kappa shape index (κ3) is 3.49. The first-order valence-electron chi connectivity index (χ1n) is 6.22. The van der Waals surface area contributed by atoms with Gasteiger partial charge in [-0.15, -0.1) is 12.4 Å². The standard InChI is InChI=1S/C13H20N2O3.ClH/c1-15(10-11-4-3-9-18-11)12(16)13(17-2)5-7-14-8-6-13;/h3-4,9,14H,5-8,10H2,1-2H3;1H. The highest BCUT2D eigenvalue weighted by molar-refractivity contribution is 5.85. The molecule has 0 radical (unpaired) electrons. The highest BCUT2D eigenvalue weighted by Crippen LogP contribution is 2.25. The summed E-state index contributed by atoms with van der Waals surface area (Å²) in [7, 11) is 3.40. The van der Waals surface area contributed by atoms with E-state index in [0.29, 0.717) is 19.4 Å². The highest BCUT2D eigenvalue weighted by Gasteiger charge is 2.41. The summed E-state index contributed by atoms with van der Waals surface area (Å²) in [4.78, 5) is 14.2. The molecule has 0 aliphatic carbocycles. The van der Waals surface area contributed by atoms with Crippen molar-refractivity contribution in [1.82, 2.24) is 10.2 Å². The molecule has 0 unspecified atom stereocenters. The lowest BCUT2D eigenvalue weighted by atomic mass is 9.90. The van der Waals surface area contributed by atoms with E-state index in [9.17, 15) is 4.79 Å². The van der Waals surface area contributed by atoms with Gasteiger partial charge in [0.15, 0.2) is 0 Å². The first-order chi connectivity index (χ1) is 8.68. The lowest BCUT2D eigenvalue weighted by Crippen LogP contribution is -2.54. The molecule has 0 saturated carbocycles. The number of carbonyl (C=O) groups is 1. The third-order valence-electron chi connectivity index (χ3n) is 3.51. The van der Waals surface area contributed by atoms with Crippen LogP contribution in [0.3, 0.4) is 0 Å². The number of piperidine rings is 1. The van der Waals surface area contributed by atoms with Crippen LogP contribution in [0.5, 0.6) is 0 Å². The van der Waals surface area contributed by atoms with Crippen LogP contribution in [0.4, 0.5) is 0 Å². The molecule has 0 spiro atoms. The van der Waals surface area contributed by atoms with Gasteiger partial charge in [-0.1, -0.05) is 0 Å². The molecule has 19 heavy (non-hydrogen) atoms.